The number of aromatic nitrogens is 2. The second-order valence-corrected chi connectivity index (χ2v) is 6.60. The highest BCUT2D eigenvalue weighted by Crippen LogP contribution is 2.27. The first kappa shape index (κ1) is 14.9. The molecule has 0 aliphatic heterocycles. The molecule has 0 saturated heterocycles. The van der Waals surface area contributed by atoms with Gasteiger partial charge in [-0.15, -0.1) is 11.6 Å². The summed E-state index contributed by atoms with van der Waals surface area (Å²) >= 11 is 5.52. The standard InChI is InChI=1S/C9H14ClN3O4S/c1-6(4-5-10)18(16,17)9-8(13(14)15)11-7(2)12(9)3/h6H,4-5H2,1-3H3. The predicted octanol–water partition coefficient (Wildman–Crippen LogP) is 1.43. The Labute approximate surface area is 110 Å². The smallest absolute Gasteiger partial charge is 0.358 e. The molecule has 0 amide bonds. The number of sulfone groups is 1. The van der Waals surface area contributed by atoms with E-state index in [9.17, 15) is 18.5 Å². The molecule has 9 heteroatoms. The van der Waals surface area contributed by atoms with E-state index in [0.29, 0.717) is 0 Å². The summed E-state index contributed by atoms with van der Waals surface area (Å²) in [6.07, 6.45) is 0.227. The molecule has 1 unspecified atom stereocenters. The lowest BCUT2D eigenvalue weighted by Crippen LogP contribution is -2.22. The second kappa shape index (κ2) is 5.23. The molecule has 1 heterocycles. The van der Waals surface area contributed by atoms with Gasteiger partial charge in [-0.05, 0) is 23.3 Å². The third-order valence-electron chi connectivity index (χ3n) is 2.74. The normalized spacial score (nSPS) is 13.6. The van der Waals surface area contributed by atoms with Crippen molar-refractivity contribution in [2.45, 2.75) is 30.5 Å². The first-order valence-corrected chi connectivity index (χ1v) is 7.29. The van der Waals surface area contributed by atoms with Gasteiger partial charge in [-0.3, -0.25) is 4.57 Å². The molecule has 7 nitrogen and oxygen atoms in total. The molecule has 0 aliphatic rings. The van der Waals surface area contributed by atoms with Crippen LogP contribution >= 0.6 is 11.6 Å². The lowest BCUT2D eigenvalue weighted by atomic mass is 10.4. The quantitative estimate of drug-likeness (QED) is 0.465. The number of hydrogen-bond donors (Lipinski definition) is 0. The van der Waals surface area contributed by atoms with E-state index in [1.165, 1.54) is 25.5 Å². The average molecular weight is 296 g/mol. The Morgan fingerprint density at radius 2 is 2.11 bits per heavy atom. The summed E-state index contributed by atoms with van der Waals surface area (Å²) in [5.74, 6) is -0.180. The van der Waals surface area contributed by atoms with Gasteiger partial charge >= 0.3 is 5.82 Å². The van der Waals surface area contributed by atoms with E-state index in [1.54, 1.807) is 0 Å². The van der Waals surface area contributed by atoms with E-state index >= 15 is 0 Å². The first-order valence-electron chi connectivity index (χ1n) is 5.21. The van der Waals surface area contributed by atoms with E-state index in [-0.39, 0.29) is 23.2 Å². The zero-order valence-corrected chi connectivity index (χ0v) is 11.8. The summed E-state index contributed by atoms with van der Waals surface area (Å²) in [5.41, 5.74) is 0. The van der Waals surface area contributed by atoms with Gasteiger partial charge in [0.25, 0.3) is 0 Å². The zero-order valence-electron chi connectivity index (χ0n) is 10.3. The number of rotatable bonds is 5. The third kappa shape index (κ3) is 2.49. The van der Waals surface area contributed by atoms with Crippen molar-refractivity contribution in [1.82, 2.24) is 9.55 Å². The molecule has 1 aromatic rings. The van der Waals surface area contributed by atoms with Crippen molar-refractivity contribution in [3.05, 3.63) is 15.9 Å². The van der Waals surface area contributed by atoms with Crippen LogP contribution in [-0.4, -0.2) is 34.0 Å². The van der Waals surface area contributed by atoms with E-state index < -0.39 is 25.8 Å². The van der Waals surface area contributed by atoms with Gasteiger partial charge in [0.05, 0.1) is 5.25 Å². The summed E-state index contributed by atoms with van der Waals surface area (Å²) in [6.45, 7) is 2.99. The Bertz CT molecular complexity index is 567. The van der Waals surface area contributed by atoms with Crippen LogP contribution in [0.5, 0.6) is 0 Å². The minimum absolute atomic E-state index is 0.172. The van der Waals surface area contributed by atoms with Crippen LogP contribution in [0.2, 0.25) is 0 Å². The summed E-state index contributed by atoms with van der Waals surface area (Å²) < 4.78 is 25.7. The lowest BCUT2D eigenvalue weighted by molar-refractivity contribution is -0.392. The molecule has 102 valence electrons. The van der Waals surface area contributed by atoms with Gasteiger partial charge in [-0.1, -0.05) is 0 Å². The van der Waals surface area contributed by atoms with E-state index in [0.717, 1.165) is 0 Å². The first-order chi connectivity index (χ1) is 8.23. The number of nitro groups is 1. The average Bonchev–Trinajstić information content (AvgIpc) is 2.56. The molecule has 0 fully saturated rings. The van der Waals surface area contributed by atoms with E-state index in [1.807, 2.05) is 0 Å². The number of alkyl halides is 1. The van der Waals surface area contributed by atoms with Crippen molar-refractivity contribution < 1.29 is 13.3 Å². The predicted molar refractivity (Wildman–Crippen MR) is 66.6 cm³/mol. The number of halogens is 1. The van der Waals surface area contributed by atoms with E-state index in [2.05, 4.69) is 4.98 Å². The molecule has 1 rings (SSSR count). The molecule has 1 aromatic heterocycles. The minimum Gasteiger partial charge on any atom is -0.358 e. The van der Waals surface area contributed by atoms with Crippen molar-refractivity contribution in [3.8, 4) is 0 Å². The highest BCUT2D eigenvalue weighted by molar-refractivity contribution is 7.92. The second-order valence-electron chi connectivity index (χ2n) is 3.94. The molecule has 0 aliphatic carbocycles. The maximum Gasteiger partial charge on any atom is 0.401 e. The molecule has 0 radical (unpaired) electrons. The lowest BCUT2D eigenvalue weighted by Gasteiger charge is -2.11. The Morgan fingerprint density at radius 3 is 2.56 bits per heavy atom. The molecular formula is C9H14ClN3O4S. The fourth-order valence-corrected chi connectivity index (χ4v) is 3.66. The SMILES string of the molecule is Cc1nc([N+](=O)[O-])c(S(=O)(=O)C(C)CCCl)n1C. The third-order valence-corrected chi connectivity index (χ3v) is 5.25. The van der Waals surface area contributed by atoms with Crippen LogP contribution in [0.15, 0.2) is 5.03 Å². The van der Waals surface area contributed by atoms with Gasteiger partial charge in [0.1, 0.15) is 0 Å². The fraction of sp³-hybridized carbons (Fsp3) is 0.667. The molecule has 0 saturated carbocycles. The summed E-state index contributed by atoms with van der Waals surface area (Å²) in [6, 6.07) is 0. The van der Waals surface area contributed by atoms with Crippen molar-refractivity contribution >= 4 is 27.3 Å². The molecular weight excluding hydrogens is 282 g/mol. The van der Waals surface area contributed by atoms with Gasteiger partial charge in [-0.25, -0.2) is 8.42 Å². The molecule has 0 aromatic carbocycles. The highest BCUT2D eigenvalue weighted by Gasteiger charge is 2.36. The largest absolute Gasteiger partial charge is 0.401 e. The Balaban J connectivity index is 3.45. The zero-order chi connectivity index (χ0) is 14.1. The summed E-state index contributed by atoms with van der Waals surface area (Å²) in [5, 5.41) is 9.71. The van der Waals surface area contributed by atoms with Crippen LogP contribution < -0.4 is 0 Å². The van der Waals surface area contributed by atoms with Crippen LogP contribution in [0, 0.1) is 17.0 Å². The maximum absolute atomic E-state index is 12.3. The van der Waals surface area contributed by atoms with Crippen LogP contribution in [0.3, 0.4) is 0 Å². The summed E-state index contributed by atoms with van der Waals surface area (Å²) in [4.78, 5) is 13.7. The van der Waals surface area contributed by atoms with Crippen molar-refractivity contribution in [1.29, 1.82) is 0 Å². The Kier molecular flexibility index (Phi) is 4.33. The molecule has 18 heavy (non-hydrogen) atoms. The summed E-state index contributed by atoms with van der Waals surface area (Å²) in [7, 11) is -2.37. The topological polar surface area (TPSA) is 95.1 Å². The van der Waals surface area contributed by atoms with Crippen LogP contribution in [0.1, 0.15) is 19.2 Å². The highest BCUT2D eigenvalue weighted by atomic mass is 35.5. The fourth-order valence-electron chi connectivity index (χ4n) is 1.51. The molecule has 0 spiro atoms. The number of nitrogens with zero attached hydrogens (tertiary/aromatic N) is 3. The van der Waals surface area contributed by atoms with Crippen LogP contribution in [0.25, 0.3) is 0 Å². The Morgan fingerprint density at radius 1 is 1.56 bits per heavy atom. The monoisotopic (exact) mass is 295 g/mol. The molecule has 0 bridgehead atoms. The van der Waals surface area contributed by atoms with Crippen molar-refractivity contribution in [3.63, 3.8) is 0 Å². The number of aryl methyl sites for hydroxylation is 1. The molecule has 0 N–H and O–H groups in total. The van der Waals surface area contributed by atoms with Gasteiger partial charge < -0.3 is 10.1 Å². The Hall–Kier alpha value is -1.15. The van der Waals surface area contributed by atoms with E-state index in [4.69, 9.17) is 11.6 Å². The number of imidazole rings is 1. The van der Waals surface area contributed by atoms with Gasteiger partial charge in [0.2, 0.25) is 20.7 Å². The molecule has 1 atom stereocenters. The maximum atomic E-state index is 12.3. The van der Waals surface area contributed by atoms with Crippen molar-refractivity contribution in [2.24, 2.45) is 7.05 Å². The van der Waals surface area contributed by atoms with Crippen LogP contribution in [0.4, 0.5) is 5.82 Å². The van der Waals surface area contributed by atoms with Gasteiger partial charge in [0, 0.05) is 19.9 Å². The van der Waals surface area contributed by atoms with Crippen molar-refractivity contribution in [2.75, 3.05) is 5.88 Å². The van der Waals surface area contributed by atoms with Gasteiger partial charge in [-0.2, -0.15) is 0 Å². The number of hydrogen-bond acceptors (Lipinski definition) is 5. The minimum atomic E-state index is -3.81. The van der Waals surface area contributed by atoms with Gasteiger partial charge in [0.15, 0.2) is 0 Å². The van der Waals surface area contributed by atoms with Crippen LogP contribution in [-0.2, 0) is 16.9 Å².